The topological polar surface area (TPSA) is 153 Å². The summed E-state index contributed by atoms with van der Waals surface area (Å²) in [6.45, 7) is 9.55. The minimum atomic E-state index is -0.540. The van der Waals surface area contributed by atoms with E-state index >= 15 is 4.39 Å². The Bertz CT molecular complexity index is 2550. The molecule has 0 spiro atoms. The normalized spacial score (nSPS) is 22.1. The van der Waals surface area contributed by atoms with E-state index in [0.717, 1.165) is 123 Å². The molecule has 1 aliphatic carbocycles. The second kappa shape index (κ2) is 18.2. The third kappa shape index (κ3) is 8.74. The number of benzene rings is 1. The fraction of sp³-hybridized carbons (Fsp3) is 0.480. The van der Waals surface area contributed by atoms with E-state index in [1.165, 1.54) is 6.07 Å². The van der Waals surface area contributed by atoms with Crippen molar-refractivity contribution in [2.24, 2.45) is 5.41 Å². The number of hydrogen-bond donors (Lipinski definition) is 3. The molecule has 3 amide bonds. The summed E-state index contributed by atoms with van der Waals surface area (Å²) in [6.07, 6.45) is 19.2. The number of anilines is 2. The minimum absolute atomic E-state index is 0.118. The summed E-state index contributed by atoms with van der Waals surface area (Å²) < 4.78 is 19.6. The van der Waals surface area contributed by atoms with Crippen LogP contribution in [0.25, 0.3) is 27.8 Å². The molecule has 1 unspecified atom stereocenters. The van der Waals surface area contributed by atoms with Crippen LogP contribution in [0.3, 0.4) is 0 Å². The Balaban J connectivity index is 0.816. The van der Waals surface area contributed by atoms with Crippen molar-refractivity contribution in [3.63, 3.8) is 0 Å². The number of aromatic nitrogens is 4. The first-order chi connectivity index (χ1) is 31.0. The number of imide groups is 1. The number of fused-ring (bicyclic) bond motifs is 1. The van der Waals surface area contributed by atoms with E-state index in [9.17, 15) is 19.6 Å². The van der Waals surface area contributed by atoms with Gasteiger partial charge in [-0.15, -0.1) is 0 Å². The van der Waals surface area contributed by atoms with Gasteiger partial charge < -0.3 is 25.0 Å². The predicted molar refractivity (Wildman–Crippen MR) is 245 cm³/mol. The van der Waals surface area contributed by atoms with Gasteiger partial charge in [0.15, 0.2) is 0 Å². The zero-order chi connectivity index (χ0) is 44.5. The van der Waals surface area contributed by atoms with E-state index in [2.05, 4.69) is 79.0 Å². The summed E-state index contributed by atoms with van der Waals surface area (Å²) in [7, 11) is 0. The standard InChI is InChI=1S/C50H59FN10O3/c1-4-50(49(64)55-32(2)3)18-23-59(24-19-50)45-13-5-34(28-53-45)42-25-36(31-61-47(42)37(27-52)29-54-61)35-17-22-60(30-35)40-9-7-39(8-10-40)58-20-15-33(16-21-58)41-11-6-38(26-43(41)51)56-44-12-14-46(62)57-48(44)63/h5-6,11,13,17,22,25-26,28-33,39-40,44,56H,4,7-10,12,14-16,18-21,23-24H2,1-3H3,(H,55,64)(H,57,62,63)/t39-,40-,44?. The molecule has 13 nitrogen and oxygen atoms in total. The van der Waals surface area contributed by atoms with Crippen LogP contribution in [-0.4, -0.2) is 86.1 Å². The molecule has 7 heterocycles. The molecule has 334 valence electrons. The van der Waals surface area contributed by atoms with Crippen molar-refractivity contribution in [2.45, 2.75) is 121 Å². The Labute approximate surface area is 374 Å². The quantitative estimate of drug-likeness (QED) is 0.112. The molecular weight excluding hydrogens is 808 g/mol. The average Bonchev–Trinajstić information content (AvgIpc) is 3.98. The molecule has 4 aromatic heterocycles. The number of rotatable bonds is 11. The van der Waals surface area contributed by atoms with Gasteiger partial charge in [-0.25, -0.2) is 13.9 Å². The fourth-order valence-electron chi connectivity index (χ4n) is 10.7. The lowest BCUT2D eigenvalue weighted by molar-refractivity contribution is -0.134. The highest BCUT2D eigenvalue weighted by molar-refractivity contribution is 6.01. The Morgan fingerprint density at radius 1 is 0.922 bits per heavy atom. The first-order valence-electron chi connectivity index (χ1n) is 23.3. The molecule has 1 saturated carbocycles. The molecule has 5 aromatic rings. The van der Waals surface area contributed by atoms with Gasteiger partial charge in [0.1, 0.15) is 23.7 Å². The third-order valence-electron chi connectivity index (χ3n) is 14.6. The summed E-state index contributed by atoms with van der Waals surface area (Å²) in [4.78, 5) is 46.6. The van der Waals surface area contributed by atoms with Crippen LogP contribution in [0.4, 0.5) is 15.9 Å². The number of carbonyl (C=O) groups is 3. The van der Waals surface area contributed by atoms with Crippen LogP contribution in [0.2, 0.25) is 0 Å². The molecule has 4 fully saturated rings. The van der Waals surface area contributed by atoms with Crippen molar-refractivity contribution in [3.8, 4) is 28.3 Å². The smallest absolute Gasteiger partial charge is 0.249 e. The zero-order valence-corrected chi connectivity index (χ0v) is 37.2. The van der Waals surface area contributed by atoms with E-state index in [-0.39, 0.29) is 47.3 Å². The Morgan fingerprint density at radius 3 is 2.36 bits per heavy atom. The van der Waals surface area contributed by atoms with Crippen molar-refractivity contribution in [2.75, 3.05) is 36.4 Å². The van der Waals surface area contributed by atoms with Crippen LogP contribution >= 0.6 is 0 Å². The highest BCUT2D eigenvalue weighted by Gasteiger charge is 2.40. The maximum absolute atomic E-state index is 15.4. The lowest BCUT2D eigenvalue weighted by Gasteiger charge is -2.41. The molecule has 1 atom stereocenters. The van der Waals surface area contributed by atoms with Crippen molar-refractivity contribution in [3.05, 3.63) is 90.4 Å². The third-order valence-corrected chi connectivity index (χ3v) is 14.6. The van der Waals surface area contributed by atoms with E-state index in [0.29, 0.717) is 29.8 Å². The number of nitrogens with zero attached hydrogens (tertiary/aromatic N) is 7. The van der Waals surface area contributed by atoms with Crippen molar-refractivity contribution >= 4 is 34.7 Å². The van der Waals surface area contributed by atoms with Crippen molar-refractivity contribution in [1.29, 1.82) is 5.26 Å². The first kappa shape index (κ1) is 43.2. The second-order valence-corrected chi connectivity index (χ2v) is 18.8. The largest absolute Gasteiger partial charge is 0.374 e. The lowest BCUT2D eigenvalue weighted by atomic mass is 9.75. The number of hydrogen-bond acceptors (Lipinski definition) is 9. The summed E-state index contributed by atoms with van der Waals surface area (Å²) in [5.74, 6) is 0.317. The summed E-state index contributed by atoms with van der Waals surface area (Å²) >= 11 is 0. The molecule has 4 aliphatic rings. The van der Waals surface area contributed by atoms with E-state index in [4.69, 9.17) is 4.98 Å². The molecule has 1 aromatic carbocycles. The molecule has 64 heavy (non-hydrogen) atoms. The molecule has 3 aliphatic heterocycles. The van der Waals surface area contributed by atoms with Gasteiger partial charge in [0.05, 0.1) is 22.7 Å². The molecule has 0 bridgehead atoms. The van der Waals surface area contributed by atoms with Crippen LogP contribution in [-0.2, 0) is 14.4 Å². The number of likely N-dealkylation sites (tertiary alicyclic amines) is 1. The molecule has 9 rings (SSSR count). The van der Waals surface area contributed by atoms with Gasteiger partial charge in [-0.3, -0.25) is 19.7 Å². The van der Waals surface area contributed by atoms with Crippen molar-refractivity contribution < 1.29 is 18.8 Å². The van der Waals surface area contributed by atoms with Crippen LogP contribution in [0.1, 0.15) is 114 Å². The molecule has 3 N–H and O–H groups in total. The van der Waals surface area contributed by atoms with Gasteiger partial charge in [-0.2, -0.15) is 10.4 Å². The van der Waals surface area contributed by atoms with Crippen LogP contribution in [0, 0.1) is 22.6 Å². The number of nitriles is 1. The van der Waals surface area contributed by atoms with Crippen LogP contribution in [0.15, 0.2) is 73.4 Å². The average molecular weight is 867 g/mol. The summed E-state index contributed by atoms with van der Waals surface area (Å²) in [6, 6.07) is 16.5. The summed E-state index contributed by atoms with van der Waals surface area (Å²) in [5, 5.41) is 23.2. The Hall–Kier alpha value is -6.07. The van der Waals surface area contributed by atoms with Gasteiger partial charge in [0.2, 0.25) is 17.7 Å². The van der Waals surface area contributed by atoms with Gasteiger partial charge in [0.25, 0.3) is 0 Å². The highest BCUT2D eigenvalue weighted by atomic mass is 19.1. The predicted octanol–water partition coefficient (Wildman–Crippen LogP) is 7.98. The number of nitrogens with one attached hydrogen (secondary N) is 3. The number of piperidine rings is 3. The van der Waals surface area contributed by atoms with Crippen LogP contribution < -0.4 is 20.9 Å². The fourth-order valence-corrected chi connectivity index (χ4v) is 10.7. The van der Waals surface area contributed by atoms with E-state index in [1.54, 1.807) is 6.20 Å². The Morgan fingerprint density at radius 2 is 1.69 bits per heavy atom. The first-order valence-corrected chi connectivity index (χ1v) is 23.3. The molecule has 14 heteroatoms. The monoisotopic (exact) mass is 866 g/mol. The maximum atomic E-state index is 15.4. The number of amides is 3. The SMILES string of the molecule is CCC1(C(=O)NC(C)C)CCN(c2ccc(-c3cc(-c4ccn([C@H]5CC[C@H](N6CCC(c7ccc(NC8CCC(=O)NC8=O)cc7F)CC6)CC5)c4)cn4ncc(C#N)c34)cn2)CC1. The summed E-state index contributed by atoms with van der Waals surface area (Å²) in [5.41, 5.74) is 6.13. The number of halogens is 1. The Kier molecular flexibility index (Phi) is 12.3. The molecular formula is C50H59FN10O3. The van der Waals surface area contributed by atoms with E-state index in [1.807, 2.05) is 49.0 Å². The highest BCUT2D eigenvalue weighted by Crippen LogP contribution is 2.40. The van der Waals surface area contributed by atoms with Crippen molar-refractivity contribution in [1.82, 2.24) is 34.7 Å². The molecule has 3 saturated heterocycles. The number of pyridine rings is 2. The second-order valence-electron chi connectivity index (χ2n) is 18.8. The van der Waals surface area contributed by atoms with Crippen LogP contribution in [0.5, 0.6) is 0 Å². The molecule has 0 radical (unpaired) electrons. The van der Waals surface area contributed by atoms with E-state index < -0.39 is 6.04 Å². The number of carbonyl (C=O) groups excluding carboxylic acids is 3. The van der Waals surface area contributed by atoms with Gasteiger partial charge >= 0.3 is 0 Å². The lowest BCUT2D eigenvalue weighted by Crippen LogP contribution is -2.50. The zero-order valence-electron chi connectivity index (χ0n) is 37.2. The van der Waals surface area contributed by atoms with Gasteiger partial charge in [-0.1, -0.05) is 13.0 Å². The van der Waals surface area contributed by atoms with Gasteiger partial charge in [-0.05, 0) is 139 Å². The maximum Gasteiger partial charge on any atom is 0.249 e. The van der Waals surface area contributed by atoms with Gasteiger partial charge in [0, 0.05) is 90.4 Å². The minimum Gasteiger partial charge on any atom is -0.374 e.